The number of unbranched alkanes of at least 4 members (excludes halogenated alkanes) is 8. The number of benzene rings is 5. The second-order valence-corrected chi connectivity index (χ2v) is 25.2. The molecular weight excluding hydrogens is 1260 g/mol. The Bertz CT molecular complexity index is 4720. The van der Waals surface area contributed by atoms with Gasteiger partial charge in [0, 0.05) is 76.5 Å². The van der Waals surface area contributed by atoms with Gasteiger partial charge in [-0.1, -0.05) is 204 Å². The Labute approximate surface area is 579 Å². The van der Waals surface area contributed by atoms with Crippen molar-refractivity contribution in [2.75, 3.05) is 52.9 Å². The molecule has 509 valence electrons. The average Bonchev–Trinajstić information content (AvgIpc) is 1.62. The Morgan fingerprint density at radius 3 is 1.37 bits per heavy atom. The smallest absolute Gasteiger partial charge is 0.496 e. The topological polar surface area (TPSA) is 179 Å². The fourth-order valence-corrected chi connectivity index (χ4v) is 13.2. The van der Waals surface area contributed by atoms with Gasteiger partial charge in [0.15, 0.2) is 0 Å². The van der Waals surface area contributed by atoms with E-state index in [-0.39, 0.29) is 23.0 Å². The summed E-state index contributed by atoms with van der Waals surface area (Å²) in [6.07, 6.45) is 22.4. The van der Waals surface area contributed by atoms with Crippen LogP contribution in [0.3, 0.4) is 0 Å². The van der Waals surface area contributed by atoms with Crippen molar-refractivity contribution >= 4 is 71.8 Å². The first-order chi connectivity index (χ1) is 47.4. The maximum absolute atomic E-state index is 7.17. The van der Waals surface area contributed by atoms with Gasteiger partial charge >= 0.3 is 17.1 Å². The first-order valence-corrected chi connectivity index (χ1v) is 35.7. The molecule has 6 aliphatic rings. The van der Waals surface area contributed by atoms with Crippen molar-refractivity contribution in [3.63, 3.8) is 0 Å². The summed E-state index contributed by atoms with van der Waals surface area (Å²) in [4.78, 5) is 46.0. The molecule has 5 aromatic carbocycles. The molecule has 2 unspecified atom stereocenters. The molecular formula is C80H90CuN8O8. The van der Waals surface area contributed by atoms with E-state index >= 15 is 0 Å². The molecule has 13 rings (SSSR count). The number of hydrogen-bond donors (Lipinski definition) is 0. The van der Waals surface area contributed by atoms with Gasteiger partial charge in [-0.05, 0) is 51.4 Å². The quantitative estimate of drug-likeness (QED) is 0.0287. The summed E-state index contributed by atoms with van der Waals surface area (Å²) in [5.41, 5.74) is 5.51. The van der Waals surface area contributed by atoms with Crippen molar-refractivity contribution in [1.29, 1.82) is 0 Å². The van der Waals surface area contributed by atoms with Crippen LogP contribution in [-0.4, -0.2) is 82.8 Å². The molecule has 0 saturated heterocycles. The van der Waals surface area contributed by atoms with Gasteiger partial charge in [-0.2, -0.15) is 0 Å². The van der Waals surface area contributed by atoms with E-state index in [0.717, 1.165) is 140 Å². The molecule has 8 bridgehead atoms. The van der Waals surface area contributed by atoms with E-state index in [2.05, 4.69) is 122 Å². The zero-order valence-corrected chi connectivity index (χ0v) is 58.4. The Hall–Kier alpha value is -8.66. The van der Waals surface area contributed by atoms with Crippen molar-refractivity contribution in [1.82, 2.24) is 39.9 Å². The van der Waals surface area contributed by atoms with Gasteiger partial charge in [0.05, 0.1) is 110 Å². The minimum absolute atomic E-state index is 0. The molecule has 16 nitrogen and oxygen atoms in total. The van der Waals surface area contributed by atoms with Gasteiger partial charge in [0.1, 0.15) is 46.0 Å². The second-order valence-electron chi connectivity index (χ2n) is 25.2. The maximum atomic E-state index is 7.17. The summed E-state index contributed by atoms with van der Waals surface area (Å²) in [6, 6.07) is 24.8. The van der Waals surface area contributed by atoms with Gasteiger partial charge in [-0.15, -0.1) is 0 Å². The Morgan fingerprint density at radius 1 is 0.392 bits per heavy atom. The molecule has 0 spiro atoms. The molecule has 97 heavy (non-hydrogen) atoms. The van der Waals surface area contributed by atoms with Gasteiger partial charge in [0.2, 0.25) is 0 Å². The average molecular weight is 1360 g/mol. The minimum atomic E-state index is -0.727. The number of nitrogens with zero attached hydrogens (tertiary/aromatic N) is 8. The van der Waals surface area contributed by atoms with Gasteiger partial charge in [-0.25, -0.2) is 9.97 Å². The maximum Gasteiger partial charge on any atom is 2.00 e. The van der Waals surface area contributed by atoms with E-state index in [9.17, 15) is 0 Å². The first-order valence-electron chi connectivity index (χ1n) is 35.7. The number of fused-ring (bicyclic) bond motifs is 22. The molecule has 1 radical (unpaired) electrons. The van der Waals surface area contributed by atoms with Crippen molar-refractivity contribution in [2.24, 2.45) is 5.92 Å². The predicted octanol–water partition coefficient (Wildman–Crippen LogP) is 15.1. The van der Waals surface area contributed by atoms with Crippen molar-refractivity contribution < 1.29 is 55.0 Å². The number of ether oxygens (including phenoxy) is 8. The van der Waals surface area contributed by atoms with E-state index in [4.69, 9.17) is 77.8 Å². The van der Waals surface area contributed by atoms with Crippen LogP contribution in [0.4, 0.5) is 0 Å². The molecule has 0 N–H and O–H groups in total. The molecule has 7 aromatic rings. The molecule has 0 saturated carbocycles. The van der Waals surface area contributed by atoms with Crippen LogP contribution in [0.1, 0.15) is 176 Å². The van der Waals surface area contributed by atoms with E-state index in [1.807, 2.05) is 30.3 Å². The van der Waals surface area contributed by atoms with Gasteiger partial charge < -0.3 is 67.8 Å². The molecule has 2 aromatic heterocycles. The van der Waals surface area contributed by atoms with Crippen LogP contribution in [0.5, 0.6) is 23.0 Å². The summed E-state index contributed by atoms with van der Waals surface area (Å²) in [5.74, 6) is 5.44. The zero-order valence-electron chi connectivity index (χ0n) is 57.5. The van der Waals surface area contributed by atoms with Crippen molar-refractivity contribution in [3.05, 3.63) is 147 Å². The minimum Gasteiger partial charge on any atom is -0.496 e. The Morgan fingerprint density at radius 2 is 0.835 bits per heavy atom. The summed E-state index contributed by atoms with van der Waals surface area (Å²) in [6.45, 7) is 20.9. The van der Waals surface area contributed by atoms with Crippen LogP contribution in [-0.2, 0) is 36.0 Å². The molecule has 3 aliphatic carbocycles. The van der Waals surface area contributed by atoms with Crippen LogP contribution in [0.15, 0.2) is 114 Å². The Kier molecular flexibility index (Phi) is 22.3. The number of hydrogen-bond acceptors (Lipinski definition) is 14. The molecule has 0 fully saturated rings. The van der Waals surface area contributed by atoms with E-state index < -0.39 is 5.92 Å². The predicted molar refractivity (Wildman–Crippen MR) is 380 cm³/mol. The third-order valence-electron chi connectivity index (χ3n) is 18.3. The number of aromatic nitrogens is 8. The monoisotopic (exact) mass is 1350 g/mol. The van der Waals surface area contributed by atoms with Crippen LogP contribution < -0.4 is 50.3 Å². The van der Waals surface area contributed by atoms with Crippen LogP contribution in [0.25, 0.3) is 94.6 Å². The molecule has 17 heteroatoms. The largest absolute Gasteiger partial charge is 2.00 e. The van der Waals surface area contributed by atoms with Gasteiger partial charge in [0.25, 0.3) is 0 Å². The van der Waals surface area contributed by atoms with E-state index in [1.54, 1.807) is 0 Å². The van der Waals surface area contributed by atoms with Gasteiger partial charge in [-0.3, -0.25) is 0 Å². The van der Waals surface area contributed by atoms with Crippen LogP contribution in [0.2, 0.25) is 0 Å². The normalized spacial score (nSPS) is 15.5. The van der Waals surface area contributed by atoms with Crippen LogP contribution in [0, 0.1) is 5.92 Å². The molecule has 0 amide bonds. The van der Waals surface area contributed by atoms with Crippen molar-refractivity contribution in [2.45, 2.75) is 164 Å². The first kappa shape index (κ1) is 68.3. The van der Waals surface area contributed by atoms with E-state index in [0.29, 0.717) is 183 Å². The fraction of sp³-hybridized carbons (Fsp3) is 0.425. The fourth-order valence-electron chi connectivity index (χ4n) is 13.2. The SMILES string of the molecule is CCCCOC1=C2C=CC=CC2C(OCCCC)=C2C1=c1nc2nc2[n-]c(nc3nc(nc4[n-]c(n1)C1C=4C(OCCCC)=c4ccccc4=C1OCCCC)-c1c-3c(OCCCC)c3ccccc3c1OCCCC)c1c(OCCCC)c3ccccc3c(OCCCC)c21.[Cu+2]. The second kappa shape index (κ2) is 31.7. The molecule has 2 atom stereocenters. The van der Waals surface area contributed by atoms with Crippen molar-refractivity contribution in [3.8, 4) is 45.8 Å². The Balaban J connectivity index is 0.00000897. The third-order valence-corrected chi connectivity index (χ3v) is 18.3. The zero-order chi connectivity index (χ0) is 66.1. The number of rotatable bonds is 32. The summed E-state index contributed by atoms with van der Waals surface area (Å²) in [5, 5.41) is 6.43. The standard InChI is InChI=1S/C80H90N8O8.Cu/c1-9-17-41-89-65-49-33-25-26-34-50(49)66(90-42-18-10-2)58-57(65)73-81-74(58)86-76-61-62(70(94-46-22-14-6)54-38-30-29-37-53(54)69(61)93-45-21-13-5)78(83-76)88-80-64-63(71(95-47-23-15-7)55-39-31-32-40-56(55)72(64)96-48-24-16-8)79(84-80)87-77-60-59(75(82-77)85-73)67(91-43-19-11-3)51-35-27-28-36-52(51)68(60)92-44-20-12-4;/h25-40,49,61H,9-24,41-48H2,1-8H3;/q-2;+2. The summed E-state index contributed by atoms with van der Waals surface area (Å²) < 4.78 is 57.2. The van der Waals surface area contributed by atoms with E-state index in [1.165, 1.54) is 0 Å². The number of allylic oxidation sites excluding steroid dienone is 5. The van der Waals surface area contributed by atoms with Crippen LogP contribution >= 0.6 is 0 Å². The molecule has 3 aliphatic heterocycles. The summed E-state index contributed by atoms with van der Waals surface area (Å²) >= 11 is 0. The summed E-state index contributed by atoms with van der Waals surface area (Å²) in [7, 11) is 0. The third kappa shape index (κ3) is 13.2. The molecule has 5 heterocycles.